The van der Waals surface area contributed by atoms with Gasteiger partial charge in [0, 0.05) is 43.7 Å². The number of aryl methyl sites for hydroxylation is 1. The Morgan fingerprint density at radius 3 is 2.40 bits per heavy atom. The van der Waals surface area contributed by atoms with Crippen molar-refractivity contribution < 1.29 is 12.8 Å². The Balaban J connectivity index is 1.59. The van der Waals surface area contributed by atoms with E-state index in [1.165, 1.54) is 0 Å². The van der Waals surface area contributed by atoms with E-state index in [-0.39, 0.29) is 4.90 Å². The van der Waals surface area contributed by atoms with Crippen LogP contribution < -0.4 is 9.62 Å². The van der Waals surface area contributed by atoms with Gasteiger partial charge in [0.15, 0.2) is 5.89 Å². The van der Waals surface area contributed by atoms with Crippen LogP contribution in [0.1, 0.15) is 5.89 Å². The molecule has 7 nitrogen and oxygen atoms in total. The summed E-state index contributed by atoms with van der Waals surface area (Å²) >= 11 is 6.17. The number of piperazine rings is 1. The molecule has 158 valence electrons. The number of hydrogen-bond acceptors (Lipinski definition) is 6. The number of sulfonamides is 1. The van der Waals surface area contributed by atoms with Gasteiger partial charge in [0.05, 0.1) is 16.3 Å². The van der Waals surface area contributed by atoms with E-state index in [2.05, 4.69) is 26.6 Å². The van der Waals surface area contributed by atoms with E-state index in [1.807, 2.05) is 6.07 Å². The Bertz CT molecular complexity index is 1140. The number of hydrogen-bond donors (Lipinski definition) is 1. The smallest absolute Gasteiger partial charge is 0.261 e. The first-order valence-corrected chi connectivity index (χ1v) is 11.5. The Hall–Kier alpha value is -2.55. The van der Waals surface area contributed by atoms with Gasteiger partial charge in [0.25, 0.3) is 10.0 Å². The number of likely N-dealkylation sites (N-methyl/N-ethyl adjacent to an activating group) is 1. The fourth-order valence-corrected chi connectivity index (χ4v) is 4.66. The lowest BCUT2D eigenvalue weighted by molar-refractivity contribution is 0.313. The zero-order chi connectivity index (χ0) is 21.3. The summed E-state index contributed by atoms with van der Waals surface area (Å²) in [4.78, 5) is 8.84. The van der Waals surface area contributed by atoms with Crippen LogP contribution in [-0.2, 0) is 10.0 Å². The minimum absolute atomic E-state index is 0.163. The molecule has 2 heterocycles. The van der Waals surface area contributed by atoms with E-state index in [1.54, 1.807) is 49.6 Å². The van der Waals surface area contributed by atoms with Crippen molar-refractivity contribution in [1.29, 1.82) is 0 Å². The van der Waals surface area contributed by atoms with Crippen molar-refractivity contribution in [1.82, 2.24) is 9.88 Å². The van der Waals surface area contributed by atoms with Gasteiger partial charge >= 0.3 is 0 Å². The van der Waals surface area contributed by atoms with Crippen LogP contribution in [0.2, 0.25) is 5.02 Å². The molecule has 0 radical (unpaired) electrons. The van der Waals surface area contributed by atoms with Gasteiger partial charge in [-0.05, 0) is 37.4 Å². The molecule has 0 amide bonds. The third-order valence-corrected chi connectivity index (χ3v) is 6.74. The largest absolute Gasteiger partial charge is 0.449 e. The normalized spacial score (nSPS) is 15.4. The van der Waals surface area contributed by atoms with E-state index in [0.29, 0.717) is 22.3 Å². The summed E-state index contributed by atoms with van der Waals surface area (Å²) in [6, 6.07) is 11.8. The number of nitrogens with zero attached hydrogens (tertiary/aromatic N) is 3. The first-order valence-electron chi connectivity index (χ1n) is 9.60. The molecule has 0 saturated carbocycles. The SMILES string of the molecule is Cc1nc(-c2ccc(S(=O)(=O)Nc3cc(Cl)ccc3N3CCN(C)CC3)cc2)co1. The summed E-state index contributed by atoms with van der Waals surface area (Å²) < 4.78 is 34.0. The second kappa shape index (κ2) is 8.29. The number of nitrogens with one attached hydrogen (secondary N) is 1. The average molecular weight is 447 g/mol. The predicted molar refractivity (Wildman–Crippen MR) is 119 cm³/mol. The standard InChI is InChI=1S/C21H23ClN4O3S/c1-15-23-20(14-29-15)16-3-6-18(7-4-16)30(27,28)24-19-13-17(22)5-8-21(19)26-11-9-25(2)10-12-26/h3-8,13-14,24H,9-12H2,1-2H3. The van der Waals surface area contributed by atoms with E-state index >= 15 is 0 Å². The van der Waals surface area contributed by atoms with Crippen LogP contribution in [0.15, 0.2) is 58.0 Å². The van der Waals surface area contributed by atoms with Gasteiger partial charge in [-0.3, -0.25) is 4.72 Å². The third kappa shape index (κ3) is 4.45. The average Bonchev–Trinajstić information content (AvgIpc) is 3.15. The molecule has 1 aromatic heterocycles. The van der Waals surface area contributed by atoms with Gasteiger partial charge in [-0.25, -0.2) is 13.4 Å². The van der Waals surface area contributed by atoms with Gasteiger partial charge in [0.2, 0.25) is 0 Å². The predicted octanol–water partition coefficient (Wildman–Crippen LogP) is 3.86. The number of aromatic nitrogens is 1. The molecule has 0 unspecified atom stereocenters. The van der Waals surface area contributed by atoms with Crippen LogP contribution in [0.25, 0.3) is 11.3 Å². The van der Waals surface area contributed by atoms with Crippen LogP contribution in [0, 0.1) is 6.92 Å². The molecule has 30 heavy (non-hydrogen) atoms. The summed E-state index contributed by atoms with van der Waals surface area (Å²) in [7, 11) is -1.71. The highest BCUT2D eigenvalue weighted by Gasteiger charge is 2.21. The van der Waals surface area contributed by atoms with Crippen molar-refractivity contribution in [3.05, 3.63) is 59.6 Å². The monoisotopic (exact) mass is 446 g/mol. The maximum atomic E-state index is 13.0. The van der Waals surface area contributed by atoms with E-state index in [0.717, 1.165) is 37.4 Å². The first-order chi connectivity index (χ1) is 14.3. The fourth-order valence-electron chi connectivity index (χ4n) is 3.42. The molecule has 1 fully saturated rings. The Kier molecular flexibility index (Phi) is 5.73. The van der Waals surface area contributed by atoms with Crippen molar-refractivity contribution in [3.63, 3.8) is 0 Å². The lowest BCUT2D eigenvalue weighted by atomic mass is 10.2. The Labute approximate surface area is 181 Å². The molecule has 1 aliphatic rings. The molecule has 3 aromatic rings. The highest BCUT2D eigenvalue weighted by molar-refractivity contribution is 7.92. The molecule has 0 aliphatic carbocycles. The fraction of sp³-hybridized carbons (Fsp3) is 0.286. The van der Waals surface area contributed by atoms with Gasteiger partial charge in [0.1, 0.15) is 12.0 Å². The maximum absolute atomic E-state index is 13.0. The second-order valence-corrected chi connectivity index (χ2v) is 9.45. The van der Waals surface area contributed by atoms with Gasteiger partial charge in [-0.1, -0.05) is 23.7 Å². The van der Waals surface area contributed by atoms with Gasteiger partial charge in [-0.2, -0.15) is 0 Å². The van der Waals surface area contributed by atoms with Crippen molar-refractivity contribution in [2.75, 3.05) is 42.8 Å². The maximum Gasteiger partial charge on any atom is 0.261 e. The molecule has 1 N–H and O–H groups in total. The molecule has 4 rings (SSSR count). The highest BCUT2D eigenvalue weighted by atomic mass is 35.5. The molecule has 1 saturated heterocycles. The van der Waals surface area contributed by atoms with E-state index in [9.17, 15) is 8.42 Å². The number of benzene rings is 2. The van der Waals surface area contributed by atoms with Crippen molar-refractivity contribution >= 4 is 33.0 Å². The number of anilines is 2. The number of rotatable bonds is 5. The lowest BCUT2D eigenvalue weighted by Gasteiger charge is -2.35. The van der Waals surface area contributed by atoms with E-state index in [4.69, 9.17) is 16.0 Å². The lowest BCUT2D eigenvalue weighted by Crippen LogP contribution is -2.44. The number of halogens is 1. The minimum atomic E-state index is -3.79. The summed E-state index contributed by atoms with van der Waals surface area (Å²) in [6.45, 7) is 5.22. The van der Waals surface area contributed by atoms with Crippen LogP contribution in [-0.4, -0.2) is 51.5 Å². The highest BCUT2D eigenvalue weighted by Crippen LogP contribution is 2.32. The first kappa shape index (κ1) is 20.7. The molecular formula is C21H23ClN4O3S. The molecular weight excluding hydrogens is 424 g/mol. The third-order valence-electron chi connectivity index (χ3n) is 5.13. The van der Waals surface area contributed by atoms with Crippen LogP contribution in [0.3, 0.4) is 0 Å². The molecule has 0 spiro atoms. The Morgan fingerprint density at radius 1 is 1.07 bits per heavy atom. The minimum Gasteiger partial charge on any atom is -0.449 e. The zero-order valence-corrected chi connectivity index (χ0v) is 18.4. The summed E-state index contributed by atoms with van der Waals surface area (Å²) in [6.07, 6.45) is 1.55. The van der Waals surface area contributed by atoms with Crippen LogP contribution in [0.4, 0.5) is 11.4 Å². The Morgan fingerprint density at radius 2 is 1.77 bits per heavy atom. The van der Waals surface area contributed by atoms with Crippen molar-refractivity contribution in [2.45, 2.75) is 11.8 Å². The zero-order valence-electron chi connectivity index (χ0n) is 16.8. The summed E-state index contributed by atoms with van der Waals surface area (Å²) in [5.74, 6) is 0.556. The van der Waals surface area contributed by atoms with E-state index < -0.39 is 10.0 Å². The molecule has 0 bridgehead atoms. The summed E-state index contributed by atoms with van der Waals surface area (Å²) in [5.41, 5.74) is 2.75. The second-order valence-electron chi connectivity index (χ2n) is 7.33. The molecule has 0 atom stereocenters. The van der Waals surface area contributed by atoms with Crippen LogP contribution in [0.5, 0.6) is 0 Å². The van der Waals surface area contributed by atoms with Crippen molar-refractivity contribution in [2.24, 2.45) is 0 Å². The summed E-state index contributed by atoms with van der Waals surface area (Å²) in [5, 5.41) is 0.474. The number of oxazole rings is 1. The van der Waals surface area contributed by atoms with Gasteiger partial charge in [-0.15, -0.1) is 0 Å². The van der Waals surface area contributed by atoms with Crippen LogP contribution >= 0.6 is 11.6 Å². The molecule has 2 aromatic carbocycles. The topological polar surface area (TPSA) is 78.7 Å². The molecule has 1 aliphatic heterocycles. The molecule has 9 heteroatoms. The van der Waals surface area contributed by atoms with Crippen molar-refractivity contribution in [3.8, 4) is 11.3 Å². The van der Waals surface area contributed by atoms with Gasteiger partial charge < -0.3 is 14.2 Å². The quantitative estimate of drug-likeness (QED) is 0.641.